The molecule has 1 aromatic carbocycles. The van der Waals surface area contributed by atoms with E-state index in [9.17, 15) is 27.9 Å². The SMILES string of the molecule is NC(=O)c1cc(CC2C(Oc3cccc(C(F)(F)F)c3)CC23CCN(C(=O)O)C3)on1. The van der Waals surface area contributed by atoms with Crippen LogP contribution < -0.4 is 10.5 Å². The zero-order valence-electron chi connectivity index (χ0n) is 16.3. The highest BCUT2D eigenvalue weighted by atomic mass is 19.4. The summed E-state index contributed by atoms with van der Waals surface area (Å²) < 4.78 is 50.1. The molecule has 1 spiro atoms. The molecule has 2 fully saturated rings. The van der Waals surface area contributed by atoms with Crippen molar-refractivity contribution in [2.45, 2.75) is 31.5 Å². The standard InChI is InChI=1S/C20H20F3N3O5/c21-20(22,23)11-2-1-3-12(6-11)30-16-9-19(4-5-26(10-19)18(28)29)14(16)7-13-8-15(17(24)27)25-31-13/h1-3,6,8,14,16H,4-5,7,9-10H2,(H2,24,27)(H,28,29). The molecule has 166 valence electrons. The Labute approximate surface area is 174 Å². The Morgan fingerprint density at radius 3 is 2.74 bits per heavy atom. The Kier molecular flexibility index (Phi) is 5.06. The number of primary amides is 1. The van der Waals surface area contributed by atoms with Gasteiger partial charge in [-0.1, -0.05) is 11.2 Å². The summed E-state index contributed by atoms with van der Waals surface area (Å²) in [6.45, 7) is 0.664. The highest BCUT2D eigenvalue weighted by molar-refractivity contribution is 5.90. The van der Waals surface area contributed by atoms with Crippen molar-refractivity contribution >= 4 is 12.0 Å². The van der Waals surface area contributed by atoms with E-state index in [-0.39, 0.29) is 29.2 Å². The molecule has 2 aromatic rings. The van der Waals surface area contributed by atoms with Crippen LogP contribution in [0.5, 0.6) is 5.75 Å². The first-order chi connectivity index (χ1) is 14.6. The van der Waals surface area contributed by atoms with Crippen LogP contribution >= 0.6 is 0 Å². The first kappa shape index (κ1) is 21.0. The van der Waals surface area contributed by atoms with Gasteiger partial charge >= 0.3 is 12.3 Å². The first-order valence-electron chi connectivity index (χ1n) is 9.65. The van der Waals surface area contributed by atoms with Gasteiger partial charge in [0.05, 0.1) is 5.56 Å². The second-order valence-corrected chi connectivity index (χ2v) is 8.06. The molecule has 1 aliphatic heterocycles. The van der Waals surface area contributed by atoms with Crippen molar-refractivity contribution in [3.05, 3.63) is 47.3 Å². The smallest absolute Gasteiger partial charge is 0.416 e. The van der Waals surface area contributed by atoms with E-state index in [0.717, 1.165) is 12.1 Å². The zero-order valence-corrected chi connectivity index (χ0v) is 16.3. The number of carboxylic acid groups (broad SMARTS) is 1. The molecule has 4 rings (SSSR count). The number of nitrogens with two attached hydrogens (primary N) is 1. The Balaban J connectivity index is 1.55. The van der Waals surface area contributed by atoms with Gasteiger partial charge in [-0.15, -0.1) is 0 Å². The van der Waals surface area contributed by atoms with E-state index < -0.39 is 29.8 Å². The number of nitrogens with zero attached hydrogens (tertiary/aromatic N) is 2. The summed E-state index contributed by atoms with van der Waals surface area (Å²) in [5.41, 5.74) is 3.98. The summed E-state index contributed by atoms with van der Waals surface area (Å²) in [5.74, 6) is -0.513. The fraction of sp³-hybridized carbons (Fsp3) is 0.450. The number of halogens is 3. The number of benzene rings is 1. The topological polar surface area (TPSA) is 119 Å². The van der Waals surface area contributed by atoms with Gasteiger partial charge < -0.3 is 25.0 Å². The fourth-order valence-electron chi connectivity index (χ4n) is 4.59. The summed E-state index contributed by atoms with van der Waals surface area (Å²) in [4.78, 5) is 24.0. The van der Waals surface area contributed by atoms with Gasteiger partial charge in [0.15, 0.2) is 5.69 Å². The molecule has 3 atom stereocenters. The molecule has 2 amide bonds. The average Bonchev–Trinajstić information content (AvgIpc) is 3.34. The minimum atomic E-state index is -4.49. The van der Waals surface area contributed by atoms with Crippen molar-refractivity contribution in [3.63, 3.8) is 0 Å². The fourth-order valence-corrected chi connectivity index (χ4v) is 4.59. The minimum absolute atomic E-state index is 0.0303. The van der Waals surface area contributed by atoms with Crippen molar-refractivity contribution in [2.75, 3.05) is 13.1 Å². The maximum Gasteiger partial charge on any atom is 0.416 e. The van der Waals surface area contributed by atoms with Crippen LogP contribution in [0.15, 0.2) is 34.9 Å². The summed E-state index contributed by atoms with van der Waals surface area (Å²) in [6, 6.07) is 6.06. The van der Waals surface area contributed by atoms with Crippen LogP contribution in [0, 0.1) is 11.3 Å². The van der Waals surface area contributed by atoms with Crippen LogP contribution in [0.4, 0.5) is 18.0 Å². The molecular formula is C20H20F3N3O5. The van der Waals surface area contributed by atoms with Gasteiger partial charge in [-0.3, -0.25) is 4.79 Å². The summed E-state index contributed by atoms with van der Waals surface area (Å²) >= 11 is 0. The van der Waals surface area contributed by atoms with E-state index in [1.807, 2.05) is 0 Å². The highest BCUT2D eigenvalue weighted by Gasteiger charge is 2.58. The first-order valence-corrected chi connectivity index (χ1v) is 9.65. The maximum atomic E-state index is 13.0. The predicted octanol–water partition coefficient (Wildman–Crippen LogP) is 3.17. The molecule has 31 heavy (non-hydrogen) atoms. The Morgan fingerprint density at radius 1 is 1.35 bits per heavy atom. The number of hydrogen-bond acceptors (Lipinski definition) is 5. The van der Waals surface area contributed by atoms with Crippen molar-refractivity contribution in [2.24, 2.45) is 17.1 Å². The van der Waals surface area contributed by atoms with Crippen LogP contribution in [-0.2, 0) is 12.6 Å². The summed E-state index contributed by atoms with van der Waals surface area (Å²) in [5, 5.41) is 12.9. The van der Waals surface area contributed by atoms with Crippen molar-refractivity contribution < 1.29 is 37.1 Å². The van der Waals surface area contributed by atoms with Gasteiger partial charge in [-0.05, 0) is 31.0 Å². The Hall–Kier alpha value is -3.24. The van der Waals surface area contributed by atoms with Gasteiger partial charge in [0.2, 0.25) is 0 Å². The van der Waals surface area contributed by atoms with Crippen molar-refractivity contribution in [1.29, 1.82) is 0 Å². The third kappa shape index (κ3) is 4.04. The maximum absolute atomic E-state index is 13.0. The largest absolute Gasteiger partial charge is 0.490 e. The van der Waals surface area contributed by atoms with Gasteiger partial charge in [-0.2, -0.15) is 13.2 Å². The molecule has 2 heterocycles. The number of amides is 2. The van der Waals surface area contributed by atoms with Gasteiger partial charge in [0, 0.05) is 36.9 Å². The number of alkyl halides is 3. The molecule has 3 unspecified atom stereocenters. The molecule has 1 saturated carbocycles. The average molecular weight is 439 g/mol. The molecule has 2 aliphatic rings. The molecule has 1 aliphatic carbocycles. The lowest BCUT2D eigenvalue weighted by molar-refractivity contribution is -0.138. The summed E-state index contributed by atoms with van der Waals surface area (Å²) in [7, 11) is 0. The number of hydrogen-bond donors (Lipinski definition) is 2. The minimum Gasteiger partial charge on any atom is -0.490 e. The zero-order chi connectivity index (χ0) is 22.4. The number of carbonyl (C=O) groups is 2. The molecule has 8 nitrogen and oxygen atoms in total. The molecule has 0 radical (unpaired) electrons. The second-order valence-electron chi connectivity index (χ2n) is 8.06. The molecule has 3 N–H and O–H groups in total. The molecule has 1 saturated heterocycles. The van der Waals surface area contributed by atoms with Gasteiger partial charge in [0.25, 0.3) is 5.91 Å². The lowest BCUT2D eigenvalue weighted by Crippen LogP contribution is -2.56. The van der Waals surface area contributed by atoms with E-state index in [1.54, 1.807) is 0 Å². The van der Waals surface area contributed by atoms with Crippen molar-refractivity contribution in [1.82, 2.24) is 10.1 Å². The molecule has 0 bridgehead atoms. The number of aromatic nitrogens is 1. The van der Waals surface area contributed by atoms with E-state index in [2.05, 4.69) is 5.16 Å². The van der Waals surface area contributed by atoms with Crippen LogP contribution in [0.3, 0.4) is 0 Å². The van der Waals surface area contributed by atoms with E-state index in [0.29, 0.717) is 31.7 Å². The number of ether oxygens (including phenoxy) is 1. The van der Waals surface area contributed by atoms with E-state index >= 15 is 0 Å². The monoisotopic (exact) mass is 439 g/mol. The molecule has 1 aromatic heterocycles. The predicted molar refractivity (Wildman–Crippen MR) is 99.3 cm³/mol. The number of rotatable bonds is 5. The molecular weight excluding hydrogens is 419 g/mol. The second kappa shape index (κ2) is 7.47. The normalized spacial score (nSPS) is 25.5. The third-order valence-electron chi connectivity index (χ3n) is 6.18. The van der Waals surface area contributed by atoms with E-state index in [1.165, 1.54) is 23.1 Å². The molecule has 11 heteroatoms. The number of likely N-dealkylation sites (tertiary alicyclic amines) is 1. The van der Waals surface area contributed by atoms with Crippen molar-refractivity contribution in [3.8, 4) is 5.75 Å². The lowest BCUT2D eigenvalue weighted by Gasteiger charge is -2.52. The van der Waals surface area contributed by atoms with Gasteiger partial charge in [0.1, 0.15) is 17.6 Å². The summed E-state index contributed by atoms with van der Waals surface area (Å²) in [6.07, 6.45) is -4.57. The lowest BCUT2D eigenvalue weighted by atomic mass is 9.56. The van der Waals surface area contributed by atoms with Gasteiger partial charge in [-0.25, -0.2) is 4.79 Å². The van der Waals surface area contributed by atoms with Crippen LogP contribution in [0.1, 0.15) is 34.7 Å². The highest BCUT2D eigenvalue weighted by Crippen LogP contribution is 2.55. The quantitative estimate of drug-likeness (QED) is 0.739. The number of carbonyl (C=O) groups excluding carboxylic acids is 1. The van der Waals surface area contributed by atoms with Crippen LogP contribution in [0.2, 0.25) is 0 Å². The van der Waals surface area contributed by atoms with Crippen LogP contribution in [0.25, 0.3) is 0 Å². The Bertz CT molecular complexity index is 1010. The Morgan fingerprint density at radius 2 is 2.13 bits per heavy atom. The van der Waals surface area contributed by atoms with E-state index in [4.69, 9.17) is 15.0 Å². The van der Waals surface area contributed by atoms with Crippen LogP contribution in [-0.4, -0.2) is 46.4 Å². The third-order valence-corrected chi connectivity index (χ3v) is 6.18.